The Balaban J connectivity index is 1.99. The Bertz CT molecular complexity index is 453. The smallest absolute Gasteiger partial charge is 0.127 e. The maximum absolute atomic E-state index is 14.1. The normalized spacial score (nSPS) is 26.0. The third kappa shape index (κ3) is 4.69. The monoisotopic (exact) mass is 374 g/mol. The standard InChI is InChI=1S/C18H25BrClF/c1-2-3-4-14-7-9-18(13-19,10-8-14)12-15-5-6-16(20)11-17(15)21/h5-6,11,14H,2-4,7-10,12-13H2,1H3. The lowest BCUT2D eigenvalue weighted by Gasteiger charge is -2.39. The van der Waals surface area contributed by atoms with Crippen LogP contribution in [0, 0.1) is 17.2 Å². The lowest BCUT2D eigenvalue weighted by Crippen LogP contribution is -2.31. The number of unbranched alkanes of at least 4 members (excludes halogenated alkanes) is 1. The van der Waals surface area contributed by atoms with Gasteiger partial charge in [-0.3, -0.25) is 0 Å². The summed E-state index contributed by atoms with van der Waals surface area (Å²) in [5.74, 6) is 0.725. The van der Waals surface area contributed by atoms with Gasteiger partial charge in [0.15, 0.2) is 0 Å². The SMILES string of the molecule is CCCCC1CCC(CBr)(Cc2ccc(Cl)cc2F)CC1. The summed E-state index contributed by atoms with van der Waals surface area (Å²) in [6, 6.07) is 5.09. The van der Waals surface area contributed by atoms with Gasteiger partial charge in [0.05, 0.1) is 0 Å². The molecule has 2 rings (SSSR count). The van der Waals surface area contributed by atoms with E-state index in [2.05, 4.69) is 22.9 Å². The Morgan fingerprint density at radius 2 is 2.05 bits per heavy atom. The van der Waals surface area contributed by atoms with E-state index in [1.54, 1.807) is 6.07 Å². The summed E-state index contributed by atoms with van der Waals surface area (Å²) in [6.07, 6.45) is 9.81. The molecule has 0 bridgehead atoms. The van der Waals surface area contributed by atoms with Gasteiger partial charge in [0.1, 0.15) is 5.82 Å². The predicted octanol–water partition coefficient (Wildman–Crippen LogP) is 6.78. The second-order valence-electron chi connectivity index (χ2n) is 6.63. The van der Waals surface area contributed by atoms with Crippen molar-refractivity contribution >= 4 is 27.5 Å². The van der Waals surface area contributed by atoms with Gasteiger partial charge in [-0.2, -0.15) is 0 Å². The highest BCUT2D eigenvalue weighted by Crippen LogP contribution is 2.44. The van der Waals surface area contributed by atoms with Crippen LogP contribution in [0.1, 0.15) is 57.4 Å². The molecule has 0 unspecified atom stereocenters. The molecule has 1 aromatic rings. The van der Waals surface area contributed by atoms with Crippen molar-refractivity contribution in [3.05, 3.63) is 34.6 Å². The molecule has 0 radical (unpaired) electrons. The molecule has 1 aliphatic rings. The van der Waals surface area contributed by atoms with E-state index in [1.807, 2.05) is 6.07 Å². The maximum Gasteiger partial charge on any atom is 0.127 e. The minimum absolute atomic E-state index is 0.157. The molecular weight excluding hydrogens is 351 g/mol. The van der Waals surface area contributed by atoms with Gasteiger partial charge < -0.3 is 0 Å². The minimum atomic E-state index is -0.157. The van der Waals surface area contributed by atoms with Crippen LogP contribution in [-0.4, -0.2) is 5.33 Å². The molecule has 1 fully saturated rings. The van der Waals surface area contributed by atoms with Crippen molar-refractivity contribution < 1.29 is 4.39 Å². The predicted molar refractivity (Wildman–Crippen MR) is 92.8 cm³/mol. The van der Waals surface area contributed by atoms with Crippen molar-refractivity contribution in [3.8, 4) is 0 Å². The summed E-state index contributed by atoms with van der Waals surface area (Å²) in [5.41, 5.74) is 1.03. The van der Waals surface area contributed by atoms with Crippen LogP contribution in [0.3, 0.4) is 0 Å². The second-order valence-corrected chi connectivity index (χ2v) is 7.63. The summed E-state index contributed by atoms with van der Waals surface area (Å²) in [7, 11) is 0. The van der Waals surface area contributed by atoms with Crippen molar-refractivity contribution in [1.29, 1.82) is 0 Å². The fourth-order valence-corrected chi connectivity index (χ4v) is 4.42. The van der Waals surface area contributed by atoms with E-state index in [4.69, 9.17) is 11.6 Å². The molecule has 1 aromatic carbocycles. The Labute approximate surface area is 141 Å². The van der Waals surface area contributed by atoms with Crippen LogP contribution >= 0.6 is 27.5 Å². The van der Waals surface area contributed by atoms with Crippen LogP contribution in [0.4, 0.5) is 4.39 Å². The fraction of sp³-hybridized carbons (Fsp3) is 0.667. The number of hydrogen-bond donors (Lipinski definition) is 0. The van der Waals surface area contributed by atoms with Crippen molar-refractivity contribution in [2.24, 2.45) is 11.3 Å². The first-order valence-corrected chi connectivity index (χ1v) is 9.58. The van der Waals surface area contributed by atoms with Crippen LogP contribution < -0.4 is 0 Å². The molecule has 3 heteroatoms. The van der Waals surface area contributed by atoms with Crippen LogP contribution in [0.15, 0.2) is 18.2 Å². The topological polar surface area (TPSA) is 0 Å². The summed E-state index contributed by atoms with van der Waals surface area (Å²) < 4.78 is 14.1. The zero-order valence-corrected chi connectivity index (χ0v) is 15.1. The number of halogens is 3. The number of alkyl halides is 1. The molecule has 1 saturated carbocycles. The van der Waals surface area contributed by atoms with E-state index < -0.39 is 0 Å². The van der Waals surface area contributed by atoms with E-state index >= 15 is 0 Å². The summed E-state index contributed by atoms with van der Waals surface area (Å²) >= 11 is 9.54. The number of rotatable bonds is 6. The molecule has 0 N–H and O–H groups in total. The van der Waals surface area contributed by atoms with Crippen molar-refractivity contribution in [2.75, 3.05) is 5.33 Å². The Morgan fingerprint density at radius 3 is 2.62 bits per heavy atom. The number of benzene rings is 1. The van der Waals surface area contributed by atoms with Crippen LogP contribution in [0.5, 0.6) is 0 Å². The molecule has 118 valence electrons. The average molecular weight is 376 g/mol. The molecule has 0 atom stereocenters. The highest BCUT2D eigenvalue weighted by Gasteiger charge is 2.34. The molecule has 0 aromatic heterocycles. The summed E-state index contributed by atoms with van der Waals surface area (Å²) in [4.78, 5) is 0. The molecule has 0 spiro atoms. The first-order valence-electron chi connectivity index (χ1n) is 8.08. The van der Waals surface area contributed by atoms with Gasteiger partial charge in [-0.15, -0.1) is 0 Å². The first kappa shape index (κ1) is 17.3. The Morgan fingerprint density at radius 1 is 1.33 bits per heavy atom. The fourth-order valence-electron chi connectivity index (χ4n) is 3.50. The van der Waals surface area contributed by atoms with Gasteiger partial charge >= 0.3 is 0 Å². The third-order valence-corrected chi connectivity index (χ3v) is 6.42. The van der Waals surface area contributed by atoms with Crippen molar-refractivity contribution in [1.82, 2.24) is 0 Å². The Hall–Kier alpha value is -0.0800. The second kappa shape index (κ2) is 7.97. The van der Waals surface area contributed by atoms with Crippen LogP contribution in [-0.2, 0) is 6.42 Å². The van der Waals surface area contributed by atoms with E-state index in [9.17, 15) is 4.39 Å². The molecule has 1 aliphatic carbocycles. The molecule has 21 heavy (non-hydrogen) atoms. The minimum Gasteiger partial charge on any atom is -0.207 e. The highest BCUT2D eigenvalue weighted by atomic mass is 79.9. The van der Waals surface area contributed by atoms with E-state index in [0.29, 0.717) is 5.02 Å². The zero-order chi connectivity index (χ0) is 15.3. The molecule has 0 amide bonds. The van der Waals surface area contributed by atoms with Gasteiger partial charge in [0, 0.05) is 10.4 Å². The highest BCUT2D eigenvalue weighted by molar-refractivity contribution is 9.09. The number of hydrogen-bond acceptors (Lipinski definition) is 0. The van der Waals surface area contributed by atoms with Crippen molar-refractivity contribution in [3.63, 3.8) is 0 Å². The van der Waals surface area contributed by atoms with Crippen LogP contribution in [0.25, 0.3) is 0 Å². The average Bonchev–Trinajstić information content (AvgIpc) is 2.49. The molecule has 0 saturated heterocycles. The largest absolute Gasteiger partial charge is 0.207 e. The summed E-state index contributed by atoms with van der Waals surface area (Å²) in [6.45, 7) is 2.26. The van der Waals surface area contributed by atoms with Gasteiger partial charge in [0.2, 0.25) is 0 Å². The molecule has 0 heterocycles. The molecule has 0 aliphatic heterocycles. The maximum atomic E-state index is 14.1. The molecular formula is C18H25BrClF. The quantitative estimate of drug-likeness (QED) is 0.480. The van der Waals surface area contributed by atoms with E-state index in [1.165, 1.54) is 51.0 Å². The summed E-state index contributed by atoms with van der Waals surface area (Å²) in [5, 5.41) is 1.44. The van der Waals surface area contributed by atoms with Crippen molar-refractivity contribution in [2.45, 2.75) is 58.3 Å². The third-order valence-electron chi connectivity index (χ3n) is 5.00. The van der Waals surface area contributed by atoms with Crippen LogP contribution in [0.2, 0.25) is 5.02 Å². The molecule has 0 nitrogen and oxygen atoms in total. The van der Waals surface area contributed by atoms with Gasteiger partial charge in [-0.1, -0.05) is 59.8 Å². The van der Waals surface area contributed by atoms with E-state index in [0.717, 1.165) is 23.2 Å². The zero-order valence-electron chi connectivity index (χ0n) is 12.8. The van der Waals surface area contributed by atoms with Gasteiger partial charge in [-0.05, 0) is 61.1 Å². The first-order chi connectivity index (χ1) is 10.1. The van der Waals surface area contributed by atoms with E-state index in [-0.39, 0.29) is 11.2 Å². The van der Waals surface area contributed by atoms with Gasteiger partial charge in [0.25, 0.3) is 0 Å². The van der Waals surface area contributed by atoms with Gasteiger partial charge in [-0.25, -0.2) is 4.39 Å². The lowest BCUT2D eigenvalue weighted by atomic mass is 9.68. The lowest BCUT2D eigenvalue weighted by molar-refractivity contribution is 0.167. The Kier molecular flexibility index (Phi) is 6.55.